The van der Waals surface area contributed by atoms with Crippen molar-refractivity contribution in [2.24, 2.45) is 4.36 Å². The molecule has 0 saturated carbocycles. The fraction of sp³-hybridized carbons (Fsp3) is 0.292. The number of carbonyl (C=O) groups excluding carboxylic acids is 1. The third-order valence-corrected chi connectivity index (χ3v) is 6.56. The molecule has 0 aliphatic heterocycles. The summed E-state index contributed by atoms with van der Waals surface area (Å²) in [7, 11) is -1.33. The van der Waals surface area contributed by atoms with Crippen LogP contribution in [0.5, 0.6) is 5.75 Å². The Kier molecular flexibility index (Phi) is 8.61. The Bertz CT molecular complexity index is 1270. The van der Waals surface area contributed by atoms with Gasteiger partial charge in [0.2, 0.25) is 5.95 Å². The molecule has 10 nitrogen and oxygen atoms in total. The van der Waals surface area contributed by atoms with Gasteiger partial charge in [-0.1, -0.05) is 12.1 Å². The molecule has 0 spiro atoms. The van der Waals surface area contributed by atoms with Crippen LogP contribution in [-0.4, -0.2) is 58.0 Å². The highest BCUT2D eigenvalue weighted by molar-refractivity contribution is 7.93. The highest BCUT2D eigenvalue weighted by Crippen LogP contribution is 2.29. The number of nitrogens with one attached hydrogen (secondary N) is 2. The minimum absolute atomic E-state index is 0.0660. The molecule has 2 atom stereocenters. The molecule has 1 amide bonds. The number of hydrogen-bond donors (Lipinski definition) is 3. The SMILES string of the molecule is CCOC(=O)N=S(C)(=O)c1ccc(Nc2ncc(-c3ccc(OC)cc3)c(N[C@H](C)CO)n2)cc1. The second kappa shape index (κ2) is 11.6. The summed E-state index contributed by atoms with van der Waals surface area (Å²) >= 11 is 0. The third-order valence-electron chi connectivity index (χ3n) is 4.91. The van der Waals surface area contributed by atoms with Crippen molar-refractivity contribution < 1.29 is 23.6 Å². The molecule has 186 valence electrons. The van der Waals surface area contributed by atoms with Gasteiger partial charge in [-0.15, -0.1) is 4.36 Å². The Morgan fingerprint density at radius 3 is 2.46 bits per heavy atom. The van der Waals surface area contributed by atoms with Crippen LogP contribution in [0.2, 0.25) is 0 Å². The molecule has 2 aromatic carbocycles. The van der Waals surface area contributed by atoms with Crippen LogP contribution in [-0.2, 0) is 14.5 Å². The molecule has 0 bridgehead atoms. The fourth-order valence-electron chi connectivity index (χ4n) is 3.08. The monoisotopic (exact) mass is 499 g/mol. The van der Waals surface area contributed by atoms with Gasteiger partial charge in [-0.2, -0.15) is 4.98 Å². The van der Waals surface area contributed by atoms with Gasteiger partial charge in [-0.3, -0.25) is 0 Å². The molecule has 0 saturated heterocycles. The van der Waals surface area contributed by atoms with Crippen molar-refractivity contribution in [1.29, 1.82) is 0 Å². The Morgan fingerprint density at radius 1 is 1.17 bits per heavy atom. The topological polar surface area (TPSA) is 135 Å². The highest BCUT2D eigenvalue weighted by atomic mass is 32.2. The van der Waals surface area contributed by atoms with E-state index in [0.29, 0.717) is 22.3 Å². The summed E-state index contributed by atoms with van der Waals surface area (Å²) in [5, 5.41) is 15.8. The second-order valence-corrected chi connectivity index (χ2v) is 9.91. The summed E-state index contributed by atoms with van der Waals surface area (Å²) in [6.07, 6.45) is 2.22. The molecule has 1 heterocycles. The zero-order valence-corrected chi connectivity index (χ0v) is 20.8. The lowest BCUT2D eigenvalue weighted by atomic mass is 10.1. The number of anilines is 3. The Morgan fingerprint density at radius 2 is 1.86 bits per heavy atom. The molecule has 1 unspecified atom stereocenters. The van der Waals surface area contributed by atoms with Crippen molar-refractivity contribution in [3.05, 3.63) is 54.7 Å². The van der Waals surface area contributed by atoms with Gasteiger partial charge in [0.15, 0.2) is 0 Å². The Balaban J connectivity index is 1.86. The third kappa shape index (κ3) is 6.90. The number of carbonyl (C=O) groups is 1. The smallest absolute Gasteiger partial charge is 0.442 e. The summed E-state index contributed by atoms with van der Waals surface area (Å²) in [6.45, 7) is 3.59. The summed E-state index contributed by atoms with van der Waals surface area (Å²) in [4.78, 5) is 21.0. The van der Waals surface area contributed by atoms with Gasteiger partial charge in [-0.05, 0) is 55.8 Å². The summed E-state index contributed by atoms with van der Waals surface area (Å²) in [5.41, 5.74) is 2.30. The van der Waals surface area contributed by atoms with Gasteiger partial charge >= 0.3 is 6.09 Å². The first-order valence-electron chi connectivity index (χ1n) is 10.9. The van der Waals surface area contributed by atoms with Crippen LogP contribution in [0.15, 0.2) is 64.0 Å². The van der Waals surface area contributed by atoms with Gasteiger partial charge in [0.25, 0.3) is 0 Å². The first kappa shape index (κ1) is 25.9. The summed E-state index contributed by atoms with van der Waals surface area (Å²) in [5.74, 6) is 1.62. The van der Waals surface area contributed by atoms with Crippen LogP contribution >= 0.6 is 0 Å². The molecule has 3 rings (SSSR count). The maximum Gasteiger partial charge on any atom is 0.442 e. The molecule has 0 radical (unpaired) electrons. The number of nitrogens with zero attached hydrogens (tertiary/aromatic N) is 3. The summed E-state index contributed by atoms with van der Waals surface area (Å²) in [6, 6.07) is 13.9. The number of methoxy groups -OCH3 is 1. The van der Waals surface area contributed by atoms with Crippen molar-refractivity contribution in [3.8, 4) is 16.9 Å². The zero-order chi connectivity index (χ0) is 25.4. The number of ether oxygens (including phenoxy) is 2. The van der Waals surface area contributed by atoms with E-state index in [9.17, 15) is 14.1 Å². The Labute approximate surface area is 204 Å². The Hall–Kier alpha value is -3.70. The van der Waals surface area contributed by atoms with Crippen molar-refractivity contribution in [2.45, 2.75) is 24.8 Å². The first-order valence-corrected chi connectivity index (χ1v) is 12.8. The summed E-state index contributed by atoms with van der Waals surface area (Å²) < 4.78 is 26.4. The van der Waals surface area contributed by atoms with Gasteiger partial charge < -0.3 is 25.2 Å². The molecular formula is C24H29N5O5S. The number of aromatic nitrogens is 2. The van der Waals surface area contributed by atoms with E-state index in [1.165, 1.54) is 6.26 Å². The van der Waals surface area contributed by atoms with Crippen molar-refractivity contribution in [2.75, 3.05) is 37.2 Å². The number of aliphatic hydroxyl groups excluding tert-OH is 1. The van der Waals surface area contributed by atoms with E-state index < -0.39 is 15.8 Å². The average molecular weight is 500 g/mol. The molecule has 0 fully saturated rings. The molecule has 1 aromatic heterocycles. The standard InChI is InChI=1S/C24H29N5O5S/c1-5-34-24(31)29-35(4,32)20-12-8-18(9-13-20)27-23-25-14-21(22(28-23)26-16(2)15-30)17-6-10-19(33-3)11-7-17/h6-14,16,30H,5,15H2,1-4H3,(H2,25,26,27,28)/t16-,35?/m1/s1. The minimum atomic E-state index is -2.94. The van der Waals surface area contributed by atoms with E-state index >= 15 is 0 Å². The predicted octanol–water partition coefficient (Wildman–Crippen LogP) is 4.30. The minimum Gasteiger partial charge on any atom is -0.497 e. The number of benzene rings is 2. The maximum absolute atomic E-state index is 12.8. The fourth-order valence-corrected chi connectivity index (χ4v) is 4.16. The van der Waals surface area contributed by atoms with Crippen LogP contribution in [0.3, 0.4) is 0 Å². The van der Waals surface area contributed by atoms with Crippen molar-refractivity contribution in [3.63, 3.8) is 0 Å². The quantitative estimate of drug-likeness (QED) is 0.394. The first-order chi connectivity index (χ1) is 16.7. The molecule has 0 aliphatic carbocycles. The molecule has 11 heteroatoms. The molecule has 3 N–H and O–H groups in total. The molecule has 0 aliphatic rings. The van der Waals surface area contributed by atoms with Gasteiger partial charge in [0.1, 0.15) is 11.6 Å². The number of rotatable bonds is 9. The van der Waals surface area contributed by atoms with Crippen molar-refractivity contribution in [1.82, 2.24) is 9.97 Å². The van der Waals surface area contributed by atoms with Crippen LogP contribution in [0, 0.1) is 0 Å². The number of hydrogen-bond acceptors (Lipinski definition) is 9. The average Bonchev–Trinajstić information content (AvgIpc) is 2.84. The largest absolute Gasteiger partial charge is 0.497 e. The number of amides is 1. The van der Waals surface area contributed by atoms with Crippen molar-refractivity contribution >= 4 is 33.3 Å². The second-order valence-electron chi connectivity index (χ2n) is 7.65. The zero-order valence-electron chi connectivity index (χ0n) is 20.0. The molecule has 35 heavy (non-hydrogen) atoms. The van der Waals surface area contributed by atoms with E-state index in [4.69, 9.17) is 9.47 Å². The van der Waals surface area contributed by atoms with Crippen LogP contribution < -0.4 is 15.4 Å². The van der Waals surface area contributed by atoms with E-state index in [1.54, 1.807) is 44.5 Å². The van der Waals surface area contributed by atoms with Crippen LogP contribution in [0.4, 0.5) is 22.2 Å². The van der Waals surface area contributed by atoms with E-state index in [1.807, 2.05) is 31.2 Å². The maximum atomic E-state index is 12.8. The molecular weight excluding hydrogens is 470 g/mol. The van der Waals surface area contributed by atoms with Gasteiger partial charge in [-0.25, -0.2) is 14.0 Å². The van der Waals surface area contributed by atoms with Gasteiger partial charge in [0, 0.05) is 34.6 Å². The lowest BCUT2D eigenvalue weighted by Gasteiger charge is -2.17. The van der Waals surface area contributed by atoms with Crippen LogP contribution in [0.25, 0.3) is 11.1 Å². The van der Waals surface area contributed by atoms with Crippen LogP contribution in [0.1, 0.15) is 13.8 Å². The highest BCUT2D eigenvalue weighted by Gasteiger charge is 2.14. The lowest BCUT2D eigenvalue weighted by molar-refractivity contribution is 0.164. The van der Waals surface area contributed by atoms with E-state index in [-0.39, 0.29) is 19.3 Å². The molecule has 3 aromatic rings. The van der Waals surface area contributed by atoms with E-state index in [2.05, 4.69) is 25.0 Å². The van der Waals surface area contributed by atoms with Gasteiger partial charge in [0.05, 0.1) is 30.1 Å². The van der Waals surface area contributed by atoms with E-state index in [0.717, 1.165) is 16.9 Å². The normalized spacial score (nSPS) is 13.3. The number of aliphatic hydroxyl groups is 1. The lowest BCUT2D eigenvalue weighted by Crippen LogP contribution is -2.21. The predicted molar refractivity (Wildman–Crippen MR) is 136 cm³/mol.